The molecule has 0 atom stereocenters. The predicted molar refractivity (Wildman–Crippen MR) is 55.9 cm³/mol. The zero-order valence-corrected chi connectivity index (χ0v) is 9.24. The fraction of sp³-hybridized carbons (Fsp3) is 0.909. The van der Waals surface area contributed by atoms with Crippen LogP contribution in [0.15, 0.2) is 0 Å². The number of ether oxygens (including phenoxy) is 1. The van der Waals surface area contributed by atoms with Crippen LogP contribution in [0.4, 0.5) is 4.79 Å². The number of likely N-dealkylation sites (tertiary alicyclic amines) is 1. The Labute approximate surface area is 90.2 Å². The van der Waals surface area contributed by atoms with E-state index < -0.39 is 6.09 Å². The largest absolute Gasteiger partial charge is 0.465 e. The molecule has 1 aliphatic heterocycles. The van der Waals surface area contributed by atoms with Crippen LogP contribution in [-0.2, 0) is 4.74 Å². The monoisotopic (exact) mass is 213 g/mol. The normalized spacial score (nSPS) is 25.3. The minimum Gasteiger partial charge on any atom is -0.465 e. The summed E-state index contributed by atoms with van der Waals surface area (Å²) in [4.78, 5) is 12.1. The first-order chi connectivity index (χ1) is 7.09. The third kappa shape index (κ3) is 2.84. The van der Waals surface area contributed by atoms with Crippen molar-refractivity contribution in [2.75, 3.05) is 19.7 Å². The minimum atomic E-state index is -0.803. The van der Waals surface area contributed by atoms with E-state index in [0.29, 0.717) is 18.5 Å². The minimum absolute atomic E-state index is 0.276. The SMILES string of the molecule is CC1(COC2CCN(C(=O)O)CC2)CC1. The average Bonchev–Trinajstić information content (AvgIpc) is 2.95. The molecule has 2 fully saturated rings. The van der Waals surface area contributed by atoms with Crippen molar-refractivity contribution in [1.82, 2.24) is 4.90 Å². The van der Waals surface area contributed by atoms with Crippen molar-refractivity contribution in [2.45, 2.75) is 38.7 Å². The second-order valence-electron chi connectivity index (χ2n) is 5.09. The van der Waals surface area contributed by atoms with Gasteiger partial charge in [-0.3, -0.25) is 0 Å². The second-order valence-corrected chi connectivity index (χ2v) is 5.09. The predicted octanol–water partition coefficient (Wildman–Crippen LogP) is 1.95. The van der Waals surface area contributed by atoms with Gasteiger partial charge in [0.25, 0.3) is 0 Å². The summed E-state index contributed by atoms with van der Waals surface area (Å²) in [6.07, 6.45) is 3.73. The Morgan fingerprint density at radius 1 is 1.47 bits per heavy atom. The van der Waals surface area contributed by atoms with Gasteiger partial charge >= 0.3 is 6.09 Å². The van der Waals surface area contributed by atoms with Gasteiger partial charge in [0, 0.05) is 13.1 Å². The molecular weight excluding hydrogens is 194 g/mol. The number of hydrogen-bond acceptors (Lipinski definition) is 2. The van der Waals surface area contributed by atoms with E-state index in [0.717, 1.165) is 19.4 Å². The summed E-state index contributed by atoms with van der Waals surface area (Å²) in [5.41, 5.74) is 0.434. The number of piperidine rings is 1. The van der Waals surface area contributed by atoms with Gasteiger partial charge in [-0.15, -0.1) is 0 Å². The van der Waals surface area contributed by atoms with E-state index >= 15 is 0 Å². The van der Waals surface area contributed by atoms with Gasteiger partial charge in [-0.05, 0) is 31.1 Å². The average molecular weight is 213 g/mol. The summed E-state index contributed by atoms with van der Waals surface area (Å²) < 4.78 is 5.82. The highest BCUT2D eigenvalue weighted by Crippen LogP contribution is 2.45. The van der Waals surface area contributed by atoms with Gasteiger partial charge in [0.15, 0.2) is 0 Å². The molecule has 2 rings (SSSR count). The first-order valence-electron chi connectivity index (χ1n) is 5.69. The first-order valence-corrected chi connectivity index (χ1v) is 5.69. The summed E-state index contributed by atoms with van der Waals surface area (Å²) in [6.45, 7) is 4.34. The summed E-state index contributed by atoms with van der Waals surface area (Å²) >= 11 is 0. The highest BCUT2D eigenvalue weighted by molar-refractivity contribution is 5.64. The highest BCUT2D eigenvalue weighted by atomic mass is 16.5. The number of carboxylic acid groups (broad SMARTS) is 1. The fourth-order valence-electron chi connectivity index (χ4n) is 1.89. The summed E-state index contributed by atoms with van der Waals surface area (Å²) in [5.74, 6) is 0. The maximum absolute atomic E-state index is 10.7. The van der Waals surface area contributed by atoms with Crippen molar-refractivity contribution in [3.8, 4) is 0 Å². The summed E-state index contributed by atoms with van der Waals surface area (Å²) in [5, 5.41) is 8.78. The molecule has 1 heterocycles. The molecule has 86 valence electrons. The van der Waals surface area contributed by atoms with Gasteiger partial charge in [-0.1, -0.05) is 6.92 Å². The zero-order chi connectivity index (χ0) is 10.9. The molecule has 2 aliphatic rings. The van der Waals surface area contributed by atoms with Crippen molar-refractivity contribution >= 4 is 6.09 Å². The van der Waals surface area contributed by atoms with E-state index in [9.17, 15) is 4.79 Å². The molecule has 0 aromatic heterocycles. The van der Waals surface area contributed by atoms with Gasteiger partial charge in [0.1, 0.15) is 0 Å². The molecule has 4 nitrogen and oxygen atoms in total. The van der Waals surface area contributed by atoms with Crippen LogP contribution in [0.2, 0.25) is 0 Å². The van der Waals surface area contributed by atoms with Gasteiger partial charge < -0.3 is 14.7 Å². The molecule has 1 saturated carbocycles. The van der Waals surface area contributed by atoms with Gasteiger partial charge in [0.05, 0.1) is 12.7 Å². The quantitative estimate of drug-likeness (QED) is 0.779. The Hall–Kier alpha value is -0.770. The molecule has 0 unspecified atom stereocenters. The molecule has 0 radical (unpaired) electrons. The molecule has 4 heteroatoms. The molecule has 0 bridgehead atoms. The van der Waals surface area contributed by atoms with E-state index in [1.807, 2.05) is 0 Å². The second kappa shape index (κ2) is 4.00. The fourth-order valence-corrected chi connectivity index (χ4v) is 1.89. The number of carbonyl (C=O) groups is 1. The molecule has 1 aliphatic carbocycles. The lowest BCUT2D eigenvalue weighted by Crippen LogP contribution is -2.40. The van der Waals surface area contributed by atoms with Crippen LogP contribution < -0.4 is 0 Å². The number of nitrogens with zero attached hydrogens (tertiary/aromatic N) is 1. The zero-order valence-electron chi connectivity index (χ0n) is 9.24. The van der Waals surface area contributed by atoms with Gasteiger partial charge in [-0.2, -0.15) is 0 Å². The van der Waals surface area contributed by atoms with Crippen LogP contribution in [0.1, 0.15) is 32.6 Å². The Morgan fingerprint density at radius 3 is 2.53 bits per heavy atom. The molecule has 0 aromatic rings. The van der Waals surface area contributed by atoms with Crippen molar-refractivity contribution < 1.29 is 14.6 Å². The maximum Gasteiger partial charge on any atom is 0.407 e. The third-order valence-corrected chi connectivity index (χ3v) is 3.48. The van der Waals surface area contributed by atoms with Gasteiger partial charge in [0.2, 0.25) is 0 Å². The van der Waals surface area contributed by atoms with Crippen molar-refractivity contribution in [1.29, 1.82) is 0 Å². The number of amides is 1. The molecular formula is C11H19NO3. The van der Waals surface area contributed by atoms with Crippen molar-refractivity contribution in [3.05, 3.63) is 0 Å². The van der Waals surface area contributed by atoms with Crippen LogP contribution in [0.25, 0.3) is 0 Å². The summed E-state index contributed by atoms with van der Waals surface area (Å²) in [6, 6.07) is 0. The number of rotatable bonds is 3. The third-order valence-electron chi connectivity index (χ3n) is 3.48. The molecule has 0 aromatic carbocycles. The highest BCUT2D eigenvalue weighted by Gasteiger charge is 2.38. The molecule has 1 amide bonds. The van der Waals surface area contributed by atoms with Crippen LogP contribution >= 0.6 is 0 Å². The van der Waals surface area contributed by atoms with E-state index in [1.165, 1.54) is 17.7 Å². The standard InChI is InChI=1S/C11H19NO3/c1-11(4-5-11)8-15-9-2-6-12(7-3-9)10(13)14/h9H,2-8H2,1H3,(H,13,14). The van der Waals surface area contributed by atoms with Crippen molar-refractivity contribution in [2.24, 2.45) is 5.41 Å². The molecule has 1 saturated heterocycles. The summed E-state index contributed by atoms with van der Waals surface area (Å²) in [7, 11) is 0. The van der Waals surface area contributed by atoms with Crippen molar-refractivity contribution in [3.63, 3.8) is 0 Å². The van der Waals surface area contributed by atoms with E-state index in [-0.39, 0.29) is 6.10 Å². The van der Waals surface area contributed by atoms with E-state index in [1.54, 1.807) is 0 Å². The van der Waals surface area contributed by atoms with E-state index in [4.69, 9.17) is 9.84 Å². The molecule has 1 N–H and O–H groups in total. The smallest absolute Gasteiger partial charge is 0.407 e. The molecule has 0 spiro atoms. The molecule has 15 heavy (non-hydrogen) atoms. The van der Waals surface area contributed by atoms with Crippen LogP contribution in [-0.4, -0.2) is 41.9 Å². The van der Waals surface area contributed by atoms with Gasteiger partial charge in [-0.25, -0.2) is 4.79 Å². The first kappa shape index (κ1) is 10.7. The van der Waals surface area contributed by atoms with Crippen LogP contribution in [0.5, 0.6) is 0 Å². The topological polar surface area (TPSA) is 49.8 Å². The number of hydrogen-bond donors (Lipinski definition) is 1. The maximum atomic E-state index is 10.7. The Kier molecular flexibility index (Phi) is 2.87. The van der Waals surface area contributed by atoms with Crippen LogP contribution in [0, 0.1) is 5.41 Å². The van der Waals surface area contributed by atoms with Crippen LogP contribution in [0.3, 0.4) is 0 Å². The lowest BCUT2D eigenvalue weighted by atomic mass is 10.1. The Balaban J connectivity index is 1.67. The lowest BCUT2D eigenvalue weighted by molar-refractivity contribution is -0.00858. The lowest BCUT2D eigenvalue weighted by Gasteiger charge is -2.30. The Bertz CT molecular complexity index is 242. The Morgan fingerprint density at radius 2 is 2.07 bits per heavy atom. The van der Waals surface area contributed by atoms with E-state index in [2.05, 4.69) is 6.92 Å².